The third-order valence-corrected chi connectivity index (χ3v) is 3.11. The maximum Gasteiger partial charge on any atom is 0.197 e. The minimum atomic E-state index is -0.405. The fraction of sp³-hybridized carbons (Fsp3) is 0. The van der Waals surface area contributed by atoms with Gasteiger partial charge < -0.3 is 19.4 Å². The lowest BCUT2D eigenvalue weighted by Gasteiger charge is -2.05. The average Bonchev–Trinajstić information content (AvgIpc) is 2.47. The van der Waals surface area contributed by atoms with Gasteiger partial charge in [0.25, 0.3) is 0 Å². The lowest BCUT2D eigenvalue weighted by Crippen LogP contribution is -2.00. The fourth-order valence-corrected chi connectivity index (χ4v) is 2.15. The van der Waals surface area contributed by atoms with Gasteiger partial charge in [-0.15, -0.1) is 0 Å². The second kappa shape index (κ2) is 5.19. The molecule has 0 saturated carbocycles. The van der Waals surface area contributed by atoms with Crippen molar-refractivity contribution in [1.29, 1.82) is 0 Å². The van der Waals surface area contributed by atoms with Crippen LogP contribution in [0.25, 0.3) is 22.3 Å². The van der Waals surface area contributed by atoms with E-state index in [1.54, 1.807) is 24.3 Å². The summed E-state index contributed by atoms with van der Waals surface area (Å²) in [4.78, 5) is 12.1. The predicted molar refractivity (Wildman–Crippen MR) is 80.7 cm³/mol. The first-order valence-corrected chi connectivity index (χ1v) is 6.31. The average molecular weight is 294 g/mol. The Morgan fingerprint density at radius 1 is 1.09 bits per heavy atom. The number of terminal acetylenes is 1. The number of fused-ring (bicyclic) bond motifs is 1. The standard InChI is InChI=1S/C17H10O5/c1-2-21-12-5-3-10(4-6-12)15-9-14(20)17-13(19)7-11(18)8-16(17)22-15/h1,3-9,18-19H. The van der Waals surface area contributed by atoms with Gasteiger partial charge >= 0.3 is 0 Å². The molecule has 5 heteroatoms. The van der Waals surface area contributed by atoms with Gasteiger partial charge in [-0.05, 0) is 24.3 Å². The Balaban J connectivity index is 2.16. The molecule has 0 saturated heterocycles. The third-order valence-electron chi connectivity index (χ3n) is 3.11. The Bertz CT molecular complexity index is 946. The summed E-state index contributed by atoms with van der Waals surface area (Å²) in [5.74, 6) is 0.274. The number of benzene rings is 2. The van der Waals surface area contributed by atoms with Crippen molar-refractivity contribution in [1.82, 2.24) is 0 Å². The maximum absolute atomic E-state index is 12.1. The summed E-state index contributed by atoms with van der Waals surface area (Å²) in [6.45, 7) is 0. The first-order chi connectivity index (χ1) is 10.6. The van der Waals surface area contributed by atoms with Gasteiger partial charge in [0.1, 0.15) is 40.1 Å². The molecule has 0 aliphatic heterocycles. The van der Waals surface area contributed by atoms with Crippen LogP contribution in [0.1, 0.15) is 0 Å². The van der Waals surface area contributed by atoms with Crippen LogP contribution in [-0.2, 0) is 0 Å². The van der Waals surface area contributed by atoms with Crippen LogP contribution in [0.2, 0.25) is 0 Å². The van der Waals surface area contributed by atoms with Crippen LogP contribution in [0.15, 0.2) is 51.7 Å². The SMILES string of the molecule is C#COc1ccc(-c2cc(=O)c3c(O)cc(O)cc3o2)cc1. The van der Waals surface area contributed by atoms with Crippen molar-refractivity contribution in [2.75, 3.05) is 0 Å². The second-order valence-electron chi connectivity index (χ2n) is 4.56. The summed E-state index contributed by atoms with van der Waals surface area (Å²) in [7, 11) is 0. The molecule has 0 aliphatic carbocycles. The Morgan fingerprint density at radius 3 is 2.50 bits per heavy atom. The van der Waals surface area contributed by atoms with Crippen LogP contribution < -0.4 is 10.2 Å². The van der Waals surface area contributed by atoms with Gasteiger partial charge in [-0.1, -0.05) is 6.42 Å². The molecule has 1 heterocycles. The van der Waals surface area contributed by atoms with E-state index in [0.717, 1.165) is 6.07 Å². The molecular formula is C17H10O5. The summed E-state index contributed by atoms with van der Waals surface area (Å²) in [5.41, 5.74) is 0.327. The van der Waals surface area contributed by atoms with E-state index in [-0.39, 0.29) is 22.5 Å². The topological polar surface area (TPSA) is 79.9 Å². The summed E-state index contributed by atoms with van der Waals surface area (Å²) >= 11 is 0. The van der Waals surface area contributed by atoms with E-state index >= 15 is 0 Å². The molecular weight excluding hydrogens is 284 g/mol. The largest absolute Gasteiger partial charge is 0.508 e. The lowest BCUT2D eigenvalue weighted by atomic mass is 10.1. The summed E-state index contributed by atoms with van der Waals surface area (Å²) in [5, 5.41) is 19.3. The van der Waals surface area contributed by atoms with Gasteiger partial charge in [0, 0.05) is 23.8 Å². The minimum Gasteiger partial charge on any atom is -0.508 e. The number of aromatic hydroxyl groups is 2. The highest BCUT2D eigenvalue weighted by Gasteiger charge is 2.12. The maximum atomic E-state index is 12.1. The normalized spacial score (nSPS) is 10.3. The van der Waals surface area contributed by atoms with E-state index in [0.29, 0.717) is 17.1 Å². The van der Waals surface area contributed by atoms with Crippen LogP contribution >= 0.6 is 0 Å². The number of hydrogen-bond acceptors (Lipinski definition) is 5. The Labute approximate surface area is 125 Å². The van der Waals surface area contributed by atoms with E-state index in [4.69, 9.17) is 15.6 Å². The molecule has 0 amide bonds. The Kier molecular flexibility index (Phi) is 3.20. The van der Waals surface area contributed by atoms with Gasteiger partial charge in [-0.3, -0.25) is 4.79 Å². The molecule has 108 valence electrons. The van der Waals surface area contributed by atoms with Crippen molar-refractivity contribution in [2.24, 2.45) is 0 Å². The second-order valence-corrected chi connectivity index (χ2v) is 4.56. The van der Waals surface area contributed by atoms with Gasteiger partial charge in [0.15, 0.2) is 5.43 Å². The molecule has 0 spiro atoms. The van der Waals surface area contributed by atoms with Crippen molar-refractivity contribution in [3.05, 3.63) is 52.7 Å². The van der Waals surface area contributed by atoms with E-state index in [9.17, 15) is 15.0 Å². The number of hydrogen-bond donors (Lipinski definition) is 2. The monoisotopic (exact) mass is 294 g/mol. The molecule has 2 aromatic carbocycles. The first kappa shape index (κ1) is 13.6. The van der Waals surface area contributed by atoms with E-state index in [1.165, 1.54) is 12.1 Å². The number of ether oxygens (including phenoxy) is 1. The zero-order valence-corrected chi connectivity index (χ0v) is 11.2. The van der Waals surface area contributed by atoms with E-state index in [2.05, 4.69) is 6.11 Å². The van der Waals surface area contributed by atoms with Gasteiger partial charge in [0.05, 0.1) is 0 Å². The highest BCUT2D eigenvalue weighted by atomic mass is 16.5. The van der Waals surface area contributed by atoms with Gasteiger partial charge in [0.2, 0.25) is 0 Å². The summed E-state index contributed by atoms with van der Waals surface area (Å²) in [6, 6.07) is 10.3. The molecule has 22 heavy (non-hydrogen) atoms. The lowest BCUT2D eigenvalue weighted by molar-refractivity contribution is 0.452. The minimum absolute atomic E-state index is 0.0221. The summed E-state index contributed by atoms with van der Waals surface area (Å²) in [6.07, 6.45) is 7.10. The highest BCUT2D eigenvalue weighted by Crippen LogP contribution is 2.30. The molecule has 2 N–H and O–H groups in total. The first-order valence-electron chi connectivity index (χ1n) is 6.31. The molecule has 0 aliphatic rings. The quantitative estimate of drug-likeness (QED) is 0.710. The zero-order chi connectivity index (χ0) is 15.7. The molecule has 0 radical (unpaired) electrons. The Morgan fingerprint density at radius 2 is 1.82 bits per heavy atom. The summed E-state index contributed by atoms with van der Waals surface area (Å²) < 4.78 is 10.5. The van der Waals surface area contributed by atoms with Crippen LogP contribution in [0.5, 0.6) is 17.2 Å². The zero-order valence-electron chi connectivity index (χ0n) is 11.2. The molecule has 1 aromatic heterocycles. The van der Waals surface area contributed by atoms with Crippen molar-refractivity contribution >= 4 is 11.0 Å². The Hall–Kier alpha value is -3.39. The number of phenols is 2. The van der Waals surface area contributed by atoms with Crippen LogP contribution in [0, 0.1) is 12.5 Å². The van der Waals surface area contributed by atoms with Crippen molar-refractivity contribution < 1.29 is 19.4 Å². The molecule has 0 fully saturated rings. The van der Waals surface area contributed by atoms with Crippen molar-refractivity contribution in [2.45, 2.75) is 0 Å². The molecule has 3 aromatic rings. The molecule has 0 bridgehead atoms. The van der Waals surface area contributed by atoms with Crippen molar-refractivity contribution in [3.8, 4) is 41.1 Å². The third kappa shape index (κ3) is 2.34. The van der Waals surface area contributed by atoms with Crippen molar-refractivity contribution in [3.63, 3.8) is 0 Å². The van der Waals surface area contributed by atoms with Crippen LogP contribution in [-0.4, -0.2) is 10.2 Å². The van der Waals surface area contributed by atoms with Gasteiger partial charge in [-0.2, -0.15) is 0 Å². The van der Waals surface area contributed by atoms with Gasteiger partial charge in [-0.25, -0.2) is 0 Å². The molecule has 0 atom stereocenters. The molecule has 3 rings (SSSR count). The molecule has 5 nitrogen and oxygen atoms in total. The highest BCUT2D eigenvalue weighted by molar-refractivity contribution is 5.85. The van der Waals surface area contributed by atoms with E-state index in [1.807, 2.05) is 0 Å². The smallest absolute Gasteiger partial charge is 0.197 e. The fourth-order valence-electron chi connectivity index (χ4n) is 2.15. The molecule has 0 unspecified atom stereocenters. The van der Waals surface area contributed by atoms with E-state index < -0.39 is 5.43 Å². The predicted octanol–water partition coefficient (Wildman–Crippen LogP) is 2.84. The van der Waals surface area contributed by atoms with Crippen LogP contribution in [0.3, 0.4) is 0 Å². The van der Waals surface area contributed by atoms with Crippen LogP contribution in [0.4, 0.5) is 0 Å². The number of phenolic OH excluding ortho intramolecular Hbond substituents is 2. The number of rotatable bonds is 2.